The number of aryl methyl sites for hydroxylation is 1. The third-order valence-electron chi connectivity index (χ3n) is 6.27. The minimum Gasteiger partial charge on any atom is -0.503 e. The van der Waals surface area contributed by atoms with E-state index in [2.05, 4.69) is 4.98 Å². The van der Waals surface area contributed by atoms with E-state index in [1.807, 2.05) is 6.92 Å². The Morgan fingerprint density at radius 2 is 1.90 bits per heavy atom. The van der Waals surface area contributed by atoms with Crippen LogP contribution in [0, 0.1) is 6.92 Å². The Morgan fingerprint density at radius 1 is 1.15 bits per heavy atom. The molecule has 10 nitrogen and oxygen atoms in total. The van der Waals surface area contributed by atoms with Gasteiger partial charge in [-0.1, -0.05) is 35.6 Å². The lowest BCUT2D eigenvalue weighted by atomic mass is 9.95. The van der Waals surface area contributed by atoms with Gasteiger partial charge in [-0.3, -0.25) is 14.5 Å². The zero-order valence-corrected chi connectivity index (χ0v) is 22.3. The van der Waals surface area contributed by atoms with Gasteiger partial charge in [0, 0.05) is 5.39 Å². The fourth-order valence-electron chi connectivity index (χ4n) is 4.47. The number of furan rings is 1. The van der Waals surface area contributed by atoms with Gasteiger partial charge >= 0.3 is 5.97 Å². The zero-order valence-electron chi connectivity index (χ0n) is 21.5. The van der Waals surface area contributed by atoms with E-state index in [0.717, 1.165) is 11.3 Å². The van der Waals surface area contributed by atoms with Crippen LogP contribution in [0.5, 0.6) is 11.5 Å². The van der Waals surface area contributed by atoms with Crippen molar-refractivity contribution in [2.45, 2.75) is 19.9 Å². The smallest absolute Gasteiger partial charge is 0.350 e. The molecule has 2 aromatic carbocycles. The fourth-order valence-corrected chi connectivity index (χ4v) is 5.48. The number of aliphatic hydroxyl groups is 1. The lowest BCUT2D eigenvalue weighted by Crippen LogP contribution is -2.31. The van der Waals surface area contributed by atoms with Crippen molar-refractivity contribution < 1.29 is 38.1 Å². The Kier molecular flexibility index (Phi) is 6.83. The fraction of sp³-hybridized carbons (Fsp3) is 0.214. The highest BCUT2D eigenvalue weighted by Crippen LogP contribution is 2.44. The number of nitrogens with zero attached hydrogens (tertiary/aromatic N) is 2. The van der Waals surface area contributed by atoms with Crippen molar-refractivity contribution in [1.29, 1.82) is 0 Å². The Labute approximate surface area is 227 Å². The second-order valence-corrected chi connectivity index (χ2v) is 9.54. The maximum absolute atomic E-state index is 13.9. The van der Waals surface area contributed by atoms with Crippen LogP contribution < -0.4 is 14.4 Å². The number of Topliss-reactive ketones (excluding diaryl/α,β-unsaturated/α-hetero) is 1. The van der Waals surface area contributed by atoms with Crippen LogP contribution in [-0.4, -0.2) is 48.6 Å². The molecule has 5 rings (SSSR count). The highest BCUT2D eigenvalue weighted by molar-refractivity contribution is 7.17. The van der Waals surface area contributed by atoms with Crippen molar-refractivity contribution in [1.82, 2.24) is 4.98 Å². The summed E-state index contributed by atoms with van der Waals surface area (Å²) in [7, 11) is 2.73. The molecule has 1 aliphatic heterocycles. The van der Waals surface area contributed by atoms with Crippen LogP contribution in [0.1, 0.15) is 44.4 Å². The molecular weight excluding hydrogens is 524 g/mol. The lowest BCUT2D eigenvalue weighted by molar-refractivity contribution is -0.117. The molecule has 39 heavy (non-hydrogen) atoms. The molecule has 0 spiro atoms. The number of rotatable bonds is 8. The van der Waals surface area contributed by atoms with Gasteiger partial charge in [-0.25, -0.2) is 9.78 Å². The van der Waals surface area contributed by atoms with Gasteiger partial charge in [-0.15, -0.1) is 0 Å². The molecule has 200 valence electrons. The van der Waals surface area contributed by atoms with Gasteiger partial charge in [0.2, 0.25) is 5.78 Å². The first-order valence-electron chi connectivity index (χ1n) is 11.9. The number of aromatic nitrogens is 1. The van der Waals surface area contributed by atoms with Crippen LogP contribution in [0.25, 0.3) is 11.0 Å². The van der Waals surface area contributed by atoms with Gasteiger partial charge in [-0.05, 0) is 43.7 Å². The highest BCUT2D eigenvalue weighted by atomic mass is 32.1. The Hall–Kier alpha value is -4.64. The Morgan fingerprint density at radius 3 is 2.56 bits per heavy atom. The summed E-state index contributed by atoms with van der Waals surface area (Å²) in [5.74, 6) is -1.90. The van der Waals surface area contributed by atoms with E-state index < -0.39 is 29.5 Å². The second-order valence-electron chi connectivity index (χ2n) is 8.56. The SMILES string of the molecule is CCOc1ccc(C2C(C(=O)c3cc4cccc(OC)c4o3)=C(O)C(=O)N2c2nc(C)c(C(=O)OC)s2)cc1. The summed E-state index contributed by atoms with van der Waals surface area (Å²) < 4.78 is 21.6. The van der Waals surface area contributed by atoms with Gasteiger partial charge < -0.3 is 23.7 Å². The van der Waals surface area contributed by atoms with Crippen molar-refractivity contribution in [3.8, 4) is 11.5 Å². The monoisotopic (exact) mass is 548 g/mol. The number of carbonyl (C=O) groups is 3. The molecule has 1 atom stereocenters. The summed E-state index contributed by atoms with van der Waals surface area (Å²) in [5, 5.41) is 11.8. The van der Waals surface area contributed by atoms with Crippen LogP contribution in [0.3, 0.4) is 0 Å². The molecule has 0 saturated heterocycles. The first kappa shape index (κ1) is 26.0. The van der Waals surface area contributed by atoms with Crippen molar-refractivity contribution in [2.75, 3.05) is 25.7 Å². The molecule has 0 saturated carbocycles. The zero-order chi connectivity index (χ0) is 27.8. The number of hydrogen-bond donors (Lipinski definition) is 1. The molecule has 3 heterocycles. The number of carbonyl (C=O) groups excluding carboxylic acids is 3. The number of ether oxygens (including phenoxy) is 3. The van der Waals surface area contributed by atoms with E-state index in [1.165, 1.54) is 25.2 Å². The highest BCUT2D eigenvalue weighted by Gasteiger charge is 2.47. The average Bonchev–Trinajstić information content (AvgIpc) is 3.62. The first-order chi connectivity index (χ1) is 18.8. The number of amides is 1. The summed E-state index contributed by atoms with van der Waals surface area (Å²) >= 11 is 0.929. The average molecular weight is 549 g/mol. The predicted octanol–water partition coefficient (Wildman–Crippen LogP) is 5.17. The van der Waals surface area contributed by atoms with Gasteiger partial charge in [0.25, 0.3) is 5.91 Å². The summed E-state index contributed by atoms with van der Waals surface area (Å²) in [4.78, 5) is 45.4. The van der Waals surface area contributed by atoms with Crippen molar-refractivity contribution >= 4 is 45.1 Å². The summed E-state index contributed by atoms with van der Waals surface area (Å²) in [6.07, 6.45) is 0. The summed E-state index contributed by atoms with van der Waals surface area (Å²) in [5.41, 5.74) is 1.04. The number of esters is 1. The molecule has 1 N–H and O–H groups in total. The quantitative estimate of drug-likeness (QED) is 0.234. The van der Waals surface area contributed by atoms with Crippen molar-refractivity contribution in [3.05, 3.63) is 81.8 Å². The Bertz CT molecular complexity index is 1630. The number of benzene rings is 2. The van der Waals surface area contributed by atoms with Crippen LogP contribution in [-0.2, 0) is 9.53 Å². The standard InChI is InChI=1S/C28H24N2O8S/c1-5-37-17-11-9-15(10-12-17)21-20(22(31)19-13-16-7-6-8-18(35-3)24(16)38-19)23(32)26(33)30(21)28-29-14(2)25(39-28)27(34)36-4/h6-13,21,32H,5H2,1-4H3. The predicted molar refractivity (Wildman–Crippen MR) is 143 cm³/mol. The van der Waals surface area contributed by atoms with E-state index in [4.69, 9.17) is 18.6 Å². The number of methoxy groups -OCH3 is 2. The topological polar surface area (TPSA) is 128 Å². The number of thiazole rings is 1. The molecule has 1 unspecified atom stereocenters. The molecule has 0 aliphatic carbocycles. The van der Waals surface area contributed by atoms with E-state index in [9.17, 15) is 19.5 Å². The maximum atomic E-state index is 13.9. The van der Waals surface area contributed by atoms with E-state index in [1.54, 1.807) is 49.4 Å². The summed E-state index contributed by atoms with van der Waals surface area (Å²) in [6, 6.07) is 12.5. The minimum absolute atomic E-state index is 0.0767. The lowest BCUT2D eigenvalue weighted by Gasteiger charge is -2.24. The van der Waals surface area contributed by atoms with Gasteiger partial charge in [0.15, 0.2) is 28.0 Å². The molecule has 11 heteroatoms. The van der Waals surface area contributed by atoms with Gasteiger partial charge in [0.1, 0.15) is 10.6 Å². The Balaban J connectivity index is 1.64. The van der Waals surface area contributed by atoms with E-state index in [0.29, 0.717) is 40.3 Å². The first-order valence-corrected chi connectivity index (χ1v) is 12.8. The molecule has 4 aromatic rings. The van der Waals surface area contributed by atoms with Gasteiger partial charge in [-0.2, -0.15) is 0 Å². The number of hydrogen-bond acceptors (Lipinski definition) is 10. The van der Waals surface area contributed by atoms with E-state index in [-0.39, 0.29) is 21.3 Å². The maximum Gasteiger partial charge on any atom is 0.350 e. The van der Waals surface area contributed by atoms with Crippen LogP contribution in [0.2, 0.25) is 0 Å². The summed E-state index contributed by atoms with van der Waals surface area (Å²) in [6.45, 7) is 3.93. The number of fused-ring (bicyclic) bond motifs is 1. The van der Waals surface area contributed by atoms with E-state index >= 15 is 0 Å². The largest absolute Gasteiger partial charge is 0.503 e. The third-order valence-corrected chi connectivity index (χ3v) is 7.41. The molecule has 2 aromatic heterocycles. The molecule has 0 fully saturated rings. The molecular formula is C28H24N2O8S. The van der Waals surface area contributed by atoms with Crippen LogP contribution in [0.4, 0.5) is 5.13 Å². The third kappa shape index (κ3) is 4.40. The molecule has 1 amide bonds. The molecule has 0 radical (unpaired) electrons. The second kappa shape index (κ2) is 10.3. The minimum atomic E-state index is -1.06. The number of anilines is 1. The number of para-hydroxylation sites is 1. The number of ketones is 1. The molecule has 1 aliphatic rings. The van der Waals surface area contributed by atoms with Crippen LogP contribution in [0.15, 0.2) is 64.3 Å². The van der Waals surface area contributed by atoms with Crippen LogP contribution >= 0.6 is 11.3 Å². The number of aliphatic hydroxyl groups excluding tert-OH is 1. The van der Waals surface area contributed by atoms with Crippen molar-refractivity contribution in [3.63, 3.8) is 0 Å². The van der Waals surface area contributed by atoms with Gasteiger partial charge in [0.05, 0.1) is 38.1 Å². The molecule has 0 bridgehead atoms. The van der Waals surface area contributed by atoms with Crippen molar-refractivity contribution in [2.24, 2.45) is 0 Å². The normalized spacial score (nSPS) is 15.2.